The third-order valence-electron chi connectivity index (χ3n) is 3.29. The summed E-state index contributed by atoms with van der Waals surface area (Å²) < 4.78 is 1.69. The van der Waals surface area contributed by atoms with E-state index in [-0.39, 0.29) is 22.4 Å². The first-order valence-electron chi connectivity index (χ1n) is 6.37. The molecule has 1 aliphatic rings. The van der Waals surface area contributed by atoms with Crippen LogP contribution in [0.2, 0.25) is 0 Å². The Morgan fingerprint density at radius 1 is 1.00 bits per heavy atom. The van der Waals surface area contributed by atoms with Crippen molar-refractivity contribution in [1.29, 1.82) is 0 Å². The predicted octanol–water partition coefficient (Wildman–Crippen LogP) is 2.54. The zero-order valence-corrected chi connectivity index (χ0v) is 15.7. The van der Waals surface area contributed by atoms with E-state index in [1.807, 2.05) is 0 Å². The second-order valence-electron chi connectivity index (χ2n) is 4.72. The van der Waals surface area contributed by atoms with Gasteiger partial charge in [-0.3, -0.25) is 19.8 Å². The Kier molecular flexibility index (Phi) is 4.27. The lowest BCUT2D eigenvalue weighted by Gasteiger charge is -2.15. The van der Waals surface area contributed by atoms with Crippen LogP contribution in [0.1, 0.15) is 31.1 Å². The molecule has 8 heteroatoms. The molecule has 0 atom stereocenters. The second kappa shape index (κ2) is 6.07. The number of fused-ring (bicyclic) bond motifs is 1. The number of imide groups is 1. The fourth-order valence-corrected chi connectivity index (χ4v) is 3.10. The van der Waals surface area contributed by atoms with Crippen molar-refractivity contribution in [2.75, 3.05) is 0 Å². The van der Waals surface area contributed by atoms with Gasteiger partial charge in [0.1, 0.15) is 5.75 Å². The van der Waals surface area contributed by atoms with Gasteiger partial charge in [0.2, 0.25) is 0 Å². The maximum Gasteiger partial charge on any atom is 0.280 e. The monoisotopic (exact) mass is 534 g/mol. The summed E-state index contributed by atoms with van der Waals surface area (Å²) in [6.07, 6.45) is 0. The van der Waals surface area contributed by atoms with E-state index in [1.165, 1.54) is 12.1 Å². The minimum absolute atomic E-state index is 0.0202. The Hall–Kier alpha value is -1.69. The van der Waals surface area contributed by atoms with Gasteiger partial charge in [-0.2, -0.15) is 5.01 Å². The second-order valence-corrected chi connectivity index (χ2v) is 7.04. The van der Waals surface area contributed by atoms with Crippen LogP contribution in [0, 0.1) is 7.14 Å². The number of nitrogens with zero attached hydrogens (tertiary/aromatic N) is 1. The number of para-hydroxylation sites is 1. The molecule has 116 valence electrons. The Morgan fingerprint density at radius 3 is 2.04 bits per heavy atom. The molecule has 2 aromatic rings. The van der Waals surface area contributed by atoms with Crippen molar-refractivity contribution in [3.63, 3.8) is 0 Å². The number of nitrogens with one attached hydrogen (secondary N) is 1. The van der Waals surface area contributed by atoms with Gasteiger partial charge in [-0.15, -0.1) is 0 Å². The number of hydrazine groups is 1. The van der Waals surface area contributed by atoms with Crippen molar-refractivity contribution in [3.05, 3.63) is 60.2 Å². The Balaban J connectivity index is 1.91. The van der Waals surface area contributed by atoms with E-state index < -0.39 is 17.7 Å². The van der Waals surface area contributed by atoms with Crippen molar-refractivity contribution in [1.82, 2.24) is 10.4 Å². The van der Waals surface area contributed by atoms with Gasteiger partial charge >= 0.3 is 0 Å². The van der Waals surface area contributed by atoms with Crippen LogP contribution in [-0.2, 0) is 0 Å². The van der Waals surface area contributed by atoms with Gasteiger partial charge < -0.3 is 5.11 Å². The summed E-state index contributed by atoms with van der Waals surface area (Å²) in [6, 6.07) is 9.12. The van der Waals surface area contributed by atoms with E-state index in [0.29, 0.717) is 5.01 Å². The average Bonchev–Trinajstić information content (AvgIpc) is 2.73. The highest BCUT2D eigenvalue weighted by molar-refractivity contribution is 14.1. The number of phenols is 1. The summed E-state index contributed by atoms with van der Waals surface area (Å²) in [4.78, 5) is 36.9. The third kappa shape index (κ3) is 2.80. The Bertz CT molecular complexity index is 826. The number of carbonyl (C=O) groups is 3. The number of amides is 3. The summed E-state index contributed by atoms with van der Waals surface area (Å²) >= 11 is 4.14. The van der Waals surface area contributed by atoms with E-state index in [0.717, 1.165) is 7.14 Å². The Morgan fingerprint density at radius 2 is 1.52 bits per heavy atom. The van der Waals surface area contributed by atoms with E-state index >= 15 is 0 Å². The molecule has 1 heterocycles. The van der Waals surface area contributed by atoms with E-state index in [2.05, 4.69) is 50.6 Å². The minimum Gasteiger partial charge on any atom is -0.507 e. The first kappa shape index (κ1) is 16.2. The van der Waals surface area contributed by atoms with Gasteiger partial charge in [0.05, 0.1) is 16.7 Å². The van der Waals surface area contributed by atoms with Crippen LogP contribution >= 0.6 is 45.2 Å². The molecule has 0 spiro atoms. The summed E-state index contributed by atoms with van der Waals surface area (Å²) in [5.74, 6) is -2.15. The lowest BCUT2D eigenvalue weighted by molar-refractivity contribution is 0.0517. The molecule has 0 bridgehead atoms. The summed E-state index contributed by atoms with van der Waals surface area (Å²) in [5.41, 5.74) is 2.73. The lowest BCUT2D eigenvalue weighted by Crippen LogP contribution is -2.45. The predicted molar refractivity (Wildman–Crippen MR) is 97.9 cm³/mol. The number of carbonyl (C=O) groups excluding carboxylic acids is 3. The van der Waals surface area contributed by atoms with Crippen molar-refractivity contribution in [2.24, 2.45) is 0 Å². The van der Waals surface area contributed by atoms with Crippen LogP contribution in [0.15, 0.2) is 36.4 Å². The molecule has 2 N–H and O–H groups in total. The van der Waals surface area contributed by atoms with Crippen LogP contribution in [0.4, 0.5) is 0 Å². The maximum atomic E-state index is 12.3. The minimum atomic E-state index is -0.734. The molecule has 0 fully saturated rings. The number of phenolic OH excluding ortho intramolecular Hbond substituents is 1. The van der Waals surface area contributed by atoms with Gasteiger partial charge in [0.15, 0.2) is 0 Å². The fraction of sp³-hybridized carbons (Fsp3) is 0. The number of hydrogen-bond donors (Lipinski definition) is 2. The molecular formula is C15H8I2N2O4. The number of aromatic hydroxyl groups is 1. The van der Waals surface area contributed by atoms with Crippen molar-refractivity contribution in [3.8, 4) is 5.75 Å². The number of halogens is 2. The van der Waals surface area contributed by atoms with Crippen LogP contribution < -0.4 is 5.43 Å². The lowest BCUT2D eigenvalue weighted by atomic mass is 10.1. The first-order chi connectivity index (χ1) is 10.9. The number of hydrogen-bond acceptors (Lipinski definition) is 4. The van der Waals surface area contributed by atoms with Crippen LogP contribution in [0.3, 0.4) is 0 Å². The van der Waals surface area contributed by atoms with Crippen molar-refractivity contribution < 1.29 is 19.5 Å². The molecule has 1 aliphatic heterocycles. The largest absolute Gasteiger partial charge is 0.507 e. The maximum absolute atomic E-state index is 12.3. The van der Waals surface area contributed by atoms with Gasteiger partial charge in [-0.05, 0) is 69.4 Å². The third-order valence-corrected chi connectivity index (χ3v) is 6.11. The van der Waals surface area contributed by atoms with Crippen LogP contribution in [0.5, 0.6) is 5.75 Å². The zero-order valence-electron chi connectivity index (χ0n) is 11.3. The molecule has 3 amide bonds. The molecular weight excluding hydrogens is 526 g/mol. The highest BCUT2D eigenvalue weighted by atomic mass is 127. The molecule has 0 saturated heterocycles. The summed E-state index contributed by atoms with van der Waals surface area (Å²) in [7, 11) is 0. The van der Waals surface area contributed by atoms with Gasteiger partial charge in [-0.1, -0.05) is 12.1 Å². The molecule has 0 radical (unpaired) electrons. The first-order valence-corrected chi connectivity index (χ1v) is 8.52. The van der Waals surface area contributed by atoms with E-state index in [4.69, 9.17) is 0 Å². The normalized spacial score (nSPS) is 13.2. The molecule has 6 nitrogen and oxygen atoms in total. The number of benzene rings is 2. The quantitative estimate of drug-likeness (QED) is 0.459. The fourth-order valence-electron chi connectivity index (χ4n) is 2.16. The SMILES string of the molecule is O=C(NN1C(=O)c2cc(I)c(I)cc2C1=O)c1ccccc1O. The molecule has 0 unspecified atom stereocenters. The van der Waals surface area contributed by atoms with Crippen molar-refractivity contribution >= 4 is 62.9 Å². The van der Waals surface area contributed by atoms with Gasteiger partial charge in [-0.25, -0.2) is 0 Å². The zero-order chi connectivity index (χ0) is 16.7. The molecule has 3 rings (SSSR count). The standard InChI is InChI=1S/C15H8I2N2O4/c16-10-5-8-9(6-11(10)17)15(23)19(14(8)22)18-13(21)7-3-1-2-4-12(7)20/h1-6,20H,(H,18,21). The van der Waals surface area contributed by atoms with Crippen LogP contribution in [-0.4, -0.2) is 27.8 Å². The molecule has 23 heavy (non-hydrogen) atoms. The molecule has 2 aromatic carbocycles. The van der Waals surface area contributed by atoms with E-state index in [1.54, 1.807) is 24.3 Å². The average molecular weight is 534 g/mol. The topological polar surface area (TPSA) is 86.7 Å². The highest BCUT2D eigenvalue weighted by Crippen LogP contribution is 2.27. The van der Waals surface area contributed by atoms with Gasteiger partial charge in [0, 0.05) is 7.14 Å². The van der Waals surface area contributed by atoms with Crippen LogP contribution in [0.25, 0.3) is 0 Å². The molecule has 0 aromatic heterocycles. The van der Waals surface area contributed by atoms with Crippen molar-refractivity contribution in [2.45, 2.75) is 0 Å². The summed E-state index contributed by atoms with van der Waals surface area (Å²) in [6.45, 7) is 0. The highest BCUT2D eigenvalue weighted by Gasteiger charge is 2.38. The van der Waals surface area contributed by atoms with Gasteiger partial charge in [0.25, 0.3) is 17.7 Å². The molecule has 0 saturated carbocycles. The summed E-state index contributed by atoms with van der Waals surface area (Å²) in [5, 5.41) is 10.4. The molecule has 0 aliphatic carbocycles. The number of rotatable bonds is 2. The Labute approximate surface area is 158 Å². The smallest absolute Gasteiger partial charge is 0.280 e. The van der Waals surface area contributed by atoms with E-state index in [9.17, 15) is 19.5 Å².